The van der Waals surface area contributed by atoms with Gasteiger partial charge in [0.25, 0.3) is 5.56 Å². The van der Waals surface area contributed by atoms with Gasteiger partial charge in [-0.05, 0) is 36.2 Å². The first-order valence-corrected chi connectivity index (χ1v) is 5.51. The van der Waals surface area contributed by atoms with Crippen molar-refractivity contribution in [1.82, 2.24) is 4.57 Å². The van der Waals surface area contributed by atoms with Crippen LogP contribution in [0.15, 0.2) is 35.3 Å². The summed E-state index contributed by atoms with van der Waals surface area (Å²) in [4.78, 5) is 21.3. The first-order chi connectivity index (χ1) is 8.90. The highest BCUT2D eigenvalue weighted by atomic mass is 19.1. The molecule has 2 aromatic rings. The zero-order chi connectivity index (χ0) is 14.2. The van der Waals surface area contributed by atoms with Gasteiger partial charge in [0.1, 0.15) is 0 Å². The van der Waals surface area contributed by atoms with Crippen LogP contribution in [-0.4, -0.2) is 9.49 Å². The van der Waals surface area contributed by atoms with Gasteiger partial charge in [0.2, 0.25) is 5.82 Å². The number of hydrogen-bond acceptors (Lipinski definition) is 3. The van der Waals surface area contributed by atoms with Gasteiger partial charge in [0, 0.05) is 24.9 Å². The van der Waals surface area contributed by atoms with Crippen LogP contribution in [0.5, 0.6) is 0 Å². The van der Waals surface area contributed by atoms with Crippen molar-refractivity contribution in [2.45, 2.75) is 6.92 Å². The van der Waals surface area contributed by atoms with Gasteiger partial charge in [-0.25, -0.2) is 0 Å². The maximum Gasteiger partial charge on any atom is 0.304 e. The molecule has 1 aromatic carbocycles. The van der Waals surface area contributed by atoms with Gasteiger partial charge >= 0.3 is 5.69 Å². The standard InChI is InChI=1S/C13H11FN2O3/c1-8-5-10(7-15(2)13(8)17)9-3-4-12(16(18)19)11(14)6-9/h3-7H,1-2H3. The highest BCUT2D eigenvalue weighted by Crippen LogP contribution is 2.25. The molecular weight excluding hydrogens is 251 g/mol. The van der Waals surface area contributed by atoms with Crippen molar-refractivity contribution in [2.24, 2.45) is 7.05 Å². The minimum Gasteiger partial charge on any atom is -0.318 e. The third kappa shape index (κ3) is 2.37. The molecule has 0 saturated heterocycles. The molecule has 0 aliphatic heterocycles. The van der Waals surface area contributed by atoms with Crippen molar-refractivity contribution < 1.29 is 9.31 Å². The monoisotopic (exact) mass is 262 g/mol. The van der Waals surface area contributed by atoms with Crippen molar-refractivity contribution in [1.29, 1.82) is 0 Å². The Balaban J connectivity index is 2.57. The van der Waals surface area contributed by atoms with Crippen molar-refractivity contribution in [3.8, 4) is 11.1 Å². The molecule has 0 aliphatic rings. The Hall–Kier alpha value is -2.50. The summed E-state index contributed by atoms with van der Waals surface area (Å²) in [5.41, 5.74) is 0.949. The number of benzene rings is 1. The fraction of sp³-hybridized carbons (Fsp3) is 0.154. The predicted molar refractivity (Wildman–Crippen MR) is 68.5 cm³/mol. The van der Waals surface area contributed by atoms with E-state index in [9.17, 15) is 19.3 Å². The van der Waals surface area contributed by atoms with E-state index in [0.29, 0.717) is 16.7 Å². The van der Waals surface area contributed by atoms with E-state index in [1.165, 1.54) is 10.6 Å². The molecule has 0 N–H and O–H groups in total. The molecule has 1 aromatic heterocycles. The van der Waals surface area contributed by atoms with E-state index >= 15 is 0 Å². The summed E-state index contributed by atoms with van der Waals surface area (Å²) < 4.78 is 14.9. The number of nitro benzene ring substituents is 1. The molecule has 6 heteroatoms. The van der Waals surface area contributed by atoms with E-state index in [1.54, 1.807) is 26.2 Å². The topological polar surface area (TPSA) is 65.1 Å². The quantitative estimate of drug-likeness (QED) is 0.616. The van der Waals surface area contributed by atoms with Crippen LogP contribution in [-0.2, 0) is 7.05 Å². The molecule has 5 nitrogen and oxygen atoms in total. The second-order valence-corrected chi connectivity index (χ2v) is 4.25. The zero-order valence-electron chi connectivity index (χ0n) is 10.4. The minimum atomic E-state index is -0.894. The van der Waals surface area contributed by atoms with E-state index in [2.05, 4.69) is 0 Å². The summed E-state index contributed by atoms with van der Waals surface area (Å²) in [6.45, 7) is 1.66. The van der Waals surface area contributed by atoms with Gasteiger partial charge in [0.15, 0.2) is 0 Å². The fourth-order valence-electron chi connectivity index (χ4n) is 1.87. The predicted octanol–water partition coefficient (Wildman–Crippen LogP) is 2.41. The lowest BCUT2D eigenvalue weighted by molar-refractivity contribution is -0.387. The SMILES string of the molecule is Cc1cc(-c2ccc([N+](=O)[O-])c(F)c2)cn(C)c1=O. The second kappa shape index (κ2) is 4.64. The zero-order valence-corrected chi connectivity index (χ0v) is 10.4. The molecule has 0 radical (unpaired) electrons. The van der Waals surface area contributed by atoms with E-state index < -0.39 is 16.4 Å². The molecule has 0 fully saturated rings. The average Bonchev–Trinajstić information content (AvgIpc) is 2.34. The van der Waals surface area contributed by atoms with E-state index in [0.717, 1.165) is 12.1 Å². The van der Waals surface area contributed by atoms with Crippen LogP contribution in [0.25, 0.3) is 11.1 Å². The Labute approximate surface area is 108 Å². The molecule has 0 bridgehead atoms. The Bertz CT molecular complexity index is 696. The van der Waals surface area contributed by atoms with Crippen molar-refractivity contribution in [3.05, 3.63) is 62.3 Å². The van der Waals surface area contributed by atoms with Gasteiger partial charge in [-0.3, -0.25) is 14.9 Å². The van der Waals surface area contributed by atoms with E-state index in [4.69, 9.17) is 0 Å². The summed E-state index contributed by atoms with van der Waals surface area (Å²) in [7, 11) is 1.60. The smallest absolute Gasteiger partial charge is 0.304 e. The number of nitro groups is 1. The van der Waals surface area contributed by atoms with Crippen LogP contribution in [0.3, 0.4) is 0 Å². The van der Waals surface area contributed by atoms with Crippen LogP contribution >= 0.6 is 0 Å². The first-order valence-electron chi connectivity index (χ1n) is 5.51. The van der Waals surface area contributed by atoms with Crippen LogP contribution in [0, 0.1) is 22.9 Å². The molecular formula is C13H11FN2O3. The molecule has 0 aliphatic carbocycles. The summed E-state index contributed by atoms with van der Waals surface area (Å²) in [5, 5.41) is 10.5. The van der Waals surface area contributed by atoms with Gasteiger partial charge in [0.05, 0.1) is 4.92 Å². The van der Waals surface area contributed by atoms with Gasteiger partial charge in [-0.15, -0.1) is 0 Å². The number of halogens is 1. The van der Waals surface area contributed by atoms with E-state index in [-0.39, 0.29) is 5.56 Å². The van der Waals surface area contributed by atoms with Crippen LogP contribution in [0.4, 0.5) is 10.1 Å². The molecule has 1 heterocycles. The Morgan fingerprint density at radius 3 is 2.47 bits per heavy atom. The fourth-order valence-corrected chi connectivity index (χ4v) is 1.87. The Morgan fingerprint density at radius 2 is 1.95 bits per heavy atom. The van der Waals surface area contributed by atoms with Crippen molar-refractivity contribution >= 4 is 5.69 Å². The molecule has 2 rings (SSSR count). The third-order valence-corrected chi connectivity index (χ3v) is 2.84. The summed E-state index contributed by atoms with van der Waals surface area (Å²) >= 11 is 0. The Kier molecular flexibility index (Phi) is 3.16. The first kappa shape index (κ1) is 12.9. The highest BCUT2D eigenvalue weighted by molar-refractivity contribution is 5.64. The molecule has 19 heavy (non-hydrogen) atoms. The van der Waals surface area contributed by atoms with Gasteiger partial charge in [-0.1, -0.05) is 0 Å². The Morgan fingerprint density at radius 1 is 1.26 bits per heavy atom. The van der Waals surface area contributed by atoms with Crippen molar-refractivity contribution in [3.63, 3.8) is 0 Å². The molecule has 0 saturated carbocycles. The molecule has 0 unspecified atom stereocenters. The molecule has 0 atom stereocenters. The van der Waals surface area contributed by atoms with E-state index in [1.807, 2.05) is 0 Å². The van der Waals surface area contributed by atoms with Gasteiger partial charge in [-0.2, -0.15) is 4.39 Å². The number of aryl methyl sites for hydroxylation is 2. The minimum absolute atomic E-state index is 0.133. The third-order valence-electron chi connectivity index (χ3n) is 2.84. The normalized spacial score (nSPS) is 10.5. The summed E-state index contributed by atoms with van der Waals surface area (Å²) in [6, 6.07) is 5.30. The van der Waals surface area contributed by atoms with Crippen LogP contribution in [0.2, 0.25) is 0 Å². The largest absolute Gasteiger partial charge is 0.318 e. The lowest BCUT2D eigenvalue weighted by atomic mass is 10.1. The molecule has 0 amide bonds. The average molecular weight is 262 g/mol. The van der Waals surface area contributed by atoms with Gasteiger partial charge < -0.3 is 4.57 Å². The molecule has 0 spiro atoms. The second-order valence-electron chi connectivity index (χ2n) is 4.25. The number of pyridine rings is 1. The summed E-state index contributed by atoms with van der Waals surface area (Å²) in [5.74, 6) is -0.894. The highest BCUT2D eigenvalue weighted by Gasteiger charge is 2.14. The van der Waals surface area contributed by atoms with Crippen LogP contribution in [0.1, 0.15) is 5.56 Å². The lowest BCUT2D eigenvalue weighted by Crippen LogP contribution is -2.18. The number of rotatable bonds is 2. The maximum absolute atomic E-state index is 13.6. The maximum atomic E-state index is 13.6. The van der Waals surface area contributed by atoms with Crippen LogP contribution < -0.4 is 5.56 Å². The molecule has 98 valence electrons. The lowest BCUT2D eigenvalue weighted by Gasteiger charge is -2.06. The van der Waals surface area contributed by atoms with Crippen molar-refractivity contribution in [2.75, 3.05) is 0 Å². The summed E-state index contributed by atoms with van der Waals surface area (Å²) in [6.07, 6.45) is 1.57. The number of nitrogens with zero attached hydrogens (tertiary/aromatic N) is 2. The number of hydrogen-bond donors (Lipinski definition) is 0. The number of aromatic nitrogens is 1.